The number of rotatable bonds is 6. The second kappa shape index (κ2) is 7.26. The van der Waals surface area contributed by atoms with Crippen LogP contribution in [0.3, 0.4) is 0 Å². The molecular formula is C17H16ClF4N3O. The van der Waals surface area contributed by atoms with Crippen molar-refractivity contribution in [2.75, 3.05) is 0 Å². The average Bonchev–Trinajstić information content (AvgIpc) is 3.34. The average molecular weight is 390 g/mol. The minimum Gasteiger partial charge on any atom is -0.352 e. The summed E-state index contributed by atoms with van der Waals surface area (Å²) >= 11 is 5.88. The van der Waals surface area contributed by atoms with Crippen LogP contribution in [0, 0.1) is 5.82 Å². The fraction of sp³-hybridized carbons (Fsp3) is 0.412. The summed E-state index contributed by atoms with van der Waals surface area (Å²) in [5.41, 5.74) is -0.0296. The predicted molar refractivity (Wildman–Crippen MR) is 87.1 cm³/mol. The second-order valence-electron chi connectivity index (χ2n) is 6.20. The summed E-state index contributed by atoms with van der Waals surface area (Å²) in [4.78, 5) is 12.0. The van der Waals surface area contributed by atoms with Gasteiger partial charge in [0.1, 0.15) is 5.82 Å². The summed E-state index contributed by atoms with van der Waals surface area (Å²) in [5, 5.41) is 5.86. The lowest BCUT2D eigenvalue weighted by atomic mass is 10.2. The van der Waals surface area contributed by atoms with Crippen LogP contribution in [0.1, 0.15) is 42.1 Å². The molecule has 1 aliphatic rings. The van der Waals surface area contributed by atoms with Gasteiger partial charge in [-0.3, -0.25) is 9.48 Å². The number of aromatic nitrogens is 2. The van der Waals surface area contributed by atoms with Crippen molar-refractivity contribution in [3.05, 3.63) is 52.1 Å². The molecule has 1 fully saturated rings. The Morgan fingerprint density at radius 1 is 1.27 bits per heavy atom. The van der Waals surface area contributed by atoms with Crippen LogP contribution in [0.5, 0.6) is 0 Å². The quantitative estimate of drug-likeness (QED) is 0.750. The first-order valence-electron chi connectivity index (χ1n) is 8.10. The van der Waals surface area contributed by atoms with E-state index >= 15 is 0 Å². The third-order valence-corrected chi connectivity index (χ3v) is 4.49. The third kappa shape index (κ3) is 4.35. The van der Waals surface area contributed by atoms with Gasteiger partial charge in [0.15, 0.2) is 5.69 Å². The molecule has 0 saturated heterocycles. The molecule has 3 rings (SSSR count). The Balaban J connectivity index is 1.62. The van der Waals surface area contributed by atoms with Gasteiger partial charge in [-0.25, -0.2) is 4.39 Å². The molecule has 1 aromatic carbocycles. The number of carbonyl (C=O) groups is 1. The zero-order valence-electron chi connectivity index (χ0n) is 13.6. The van der Waals surface area contributed by atoms with E-state index in [9.17, 15) is 22.4 Å². The van der Waals surface area contributed by atoms with E-state index in [2.05, 4.69) is 10.4 Å². The normalized spacial score (nSPS) is 14.5. The van der Waals surface area contributed by atoms with Gasteiger partial charge in [0, 0.05) is 18.9 Å². The molecule has 1 heterocycles. The first kappa shape index (κ1) is 18.7. The van der Waals surface area contributed by atoms with Crippen molar-refractivity contribution in [3.8, 4) is 0 Å². The number of hydrogen-bond donors (Lipinski definition) is 1. The first-order chi connectivity index (χ1) is 12.3. The van der Waals surface area contributed by atoms with Crippen molar-refractivity contribution in [1.82, 2.24) is 15.1 Å². The minimum atomic E-state index is -4.63. The Morgan fingerprint density at radius 2 is 1.92 bits per heavy atom. The molecular weight excluding hydrogens is 374 g/mol. The van der Waals surface area contributed by atoms with Crippen molar-refractivity contribution in [2.45, 2.75) is 44.4 Å². The molecule has 9 heteroatoms. The van der Waals surface area contributed by atoms with Gasteiger partial charge in [-0.2, -0.15) is 18.3 Å². The number of halogens is 5. The van der Waals surface area contributed by atoms with E-state index in [0.29, 0.717) is 5.69 Å². The van der Waals surface area contributed by atoms with E-state index in [0.717, 1.165) is 18.4 Å². The number of carbonyl (C=O) groups excluding carboxylic acids is 1. The molecule has 1 aromatic heterocycles. The lowest BCUT2D eigenvalue weighted by Gasteiger charge is -2.08. The second-order valence-corrected chi connectivity index (χ2v) is 6.57. The van der Waals surface area contributed by atoms with Crippen molar-refractivity contribution in [3.63, 3.8) is 0 Å². The highest BCUT2D eigenvalue weighted by molar-refractivity contribution is 6.32. The maximum atomic E-state index is 13.0. The zero-order chi connectivity index (χ0) is 18.9. The monoisotopic (exact) mass is 389 g/mol. The predicted octanol–water partition coefficient (Wildman–Crippen LogP) is 4.28. The molecule has 0 bridgehead atoms. The van der Waals surface area contributed by atoms with Crippen LogP contribution in [0.25, 0.3) is 0 Å². The topological polar surface area (TPSA) is 46.9 Å². The fourth-order valence-corrected chi connectivity index (χ4v) is 3.05. The van der Waals surface area contributed by atoms with Gasteiger partial charge in [0.25, 0.3) is 0 Å². The molecule has 1 amide bonds. The number of benzene rings is 1. The van der Waals surface area contributed by atoms with Crippen molar-refractivity contribution >= 4 is 17.5 Å². The molecule has 1 N–H and O–H groups in total. The number of alkyl halides is 3. The van der Waals surface area contributed by atoms with Gasteiger partial charge in [0.05, 0.1) is 17.3 Å². The number of amides is 1. The van der Waals surface area contributed by atoms with Crippen molar-refractivity contribution in [2.24, 2.45) is 0 Å². The molecule has 2 aromatic rings. The highest BCUT2D eigenvalue weighted by Crippen LogP contribution is 2.46. The summed E-state index contributed by atoms with van der Waals surface area (Å²) < 4.78 is 53.0. The summed E-state index contributed by atoms with van der Waals surface area (Å²) in [6.07, 6.45) is -3.13. The van der Waals surface area contributed by atoms with Gasteiger partial charge < -0.3 is 5.32 Å². The first-order valence-corrected chi connectivity index (χ1v) is 8.48. The zero-order valence-corrected chi connectivity index (χ0v) is 14.4. The molecule has 1 aliphatic carbocycles. The van der Waals surface area contributed by atoms with Crippen LogP contribution in [-0.2, 0) is 24.1 Å². The number of hydrogen-bond acceptors (Lipinski definition) is 2. The summed E-state index contributed by atoms with van der Waals surface area (Å²) in [7, 11) is 0. The van der Waals surface area contributed by atoms with E-state index in [1.165, 1.54) is 16.8 Å². The smallest absolute Gasteiger partial charge is 0.352 e. The number of aryl methyl sites for hydroxylation is 1. The van der Waals surface area contributed by atoms with Crippen molar-refractivity contribution < 1.29 is 22.4 Å². The Bertz CT molecular complexity index is 798. The standard InChI is InChI=1S/C17H16ClF4N3O/c18-14-15(11-3-4-11)25(24-16(14)17(20,21)22)8-7-13(26)23-9-10-1-5-12(19)6-2-10/h1-2,5-6,11H,3-4,7-9H2,(H,23,26). The Labute approximate surface area is 152 Å². The molecule has 0 spiro atoms. The highest BCUT2D eigenvalue weighted by Gasteiger charge is 2.41. The van der Waals surface area contributed by atoms with Crippen LogP contribution in [-0.4, -0.2) is 15.7 Å². The lowest BCUT2D eigenvalue weighted by molar-refractivity contribution is -0.141. The Morgan fingerprint density at radius 3 is 2.50 bits per heavy atom. The molecule has 0 atom stereocenters. The van der Waals surface area contributed by atoms with E-state index in [1.54, 1.807) is 12.1 Å². The maximum absolute atomic E-state index is 13.0. The third-order valence-electron chi connectivity index (χ3n) is 4.12. The minimum absolute atomic E-state index is 0.0108. The van der Waals surface area contributed by atoms with E-state index in [4.69, 9.17) is 11.6 Å². The van der Waals surface area contributed by atoms with Crippen LogP contribution >= 0.6 is 11.6 Å². The molecule has 0 unspecified atom stereocenters. The van der Waals surface area contributed by atoms with E-state index in [1.807, 2.05) is 0 Å². The molecule has 1 saturated carbocycles. The largest absolute Gasteiger partial charge is 0.436 e. The van der Waals surface area contributed by atoms with Gasteiger partial charge in [-0.1, -0.05) is 23.7 Å². The maximum Gasteiger partial charge on any atom is 0.436 e. The Hall–Kier alpha value is -2.09. The molecule has 0 radical (unpaired) electrons. The van der Waals surface area contributed by atoms with E-state index < -0.39 is 11.9 Å². The number of nitrogens with one attached hydrogen (secondary N) is 1. The van der Waals surface area contributed by atoms with Crippen LogP contribution in [0.15, 0.2) is 24.3 Å². The summed E-state index contributed by atoms with van der Waals surface area (Å²) in [6, 6.07) is 5.66. The fourth-order valence-electron chi connectivity index (χ4n) is 2.65. The van der Waals surface area contributed by atoms with Crippen LogP contribution < -0.4 is 5.32 Å². The molecule has 0 aliphatic heterocycles. The van der Waals surface area contributed by atoms with Gasteiger partial charge in [-0.05, 0) is 30.5 Å². The Kier molecular flexibility index (Phi) is 5.22. The summed E-state index contributed by atoms with van der Waals surface area (Å²) in [6.45, 7) is 0.221. The molecule has 140 valence electrons. The molecule has 26 heavy (non-hydrogen) atoms. The van der Waals surface area contributed by atoms with E-state index in [-0.39, 0.29) is 42.2 Å². The van der Waals surface area contributed by atoms with Gasteiger partial charge in [0.2, 0.25) is 5.91 Å². The highest BCUT2D eigenvalue weighted by atomic mass is 35.5. The van der Waals surface area contributed by atoms with Gasteiger partial charge >= 0.3 is 6.18 Å². The van der Waals surface area contributed by atoms with Crippen molar-refractivity contribution in [1.29, 1.82) is 0 Å². The van der Waals surface area contributed by atoms with Crippen LogP contribution in [0.4, 0.5) is 17.6 Å². The SMILES string of the molecule is O=C(CCn1nc(C(F)(F)F)c(Cl)c1C1CC1)NCc1ccc(F)cc1. The number of nitrogens with zero attached hydrogens (tertiary/aromatic N) is 2. The molecule has 4 nitrogen and oxygen atoms in total. The summed E-state index contributed by atoms with van der Waals surface area (Å²) in [5.74, 6) is -0.742. The van der Waals surface area contributed by atoms with Crippen LogP contribution in [0.2, 0.25) is 5.02 Å². The van der Waals surface area contributed by atoms with Gasteiger partial charge in [-0.15, -0.1) is 0 Å². The lowest BCUT2D eigenvalue weighted by Crippen LogP contribution is -2.24.